The van der Waals surface area contributed by atoms with E-state index in [0.717, 1.165) is 25.9 Å². The summed E-state index contributed by atoms with van der Waals surface area (Å²) in [4.78, 5) is 27.3. The first kappa shape index (κ1) is 15.4. The van der Waals surface area contributed by atoms with Crippen molar-refractivity contribution in [3.8, 4) is 0 Å². The molecule has 1 saturated heterocycles. The summed E-state index contributed by atoms with van der Waals surface area (Å²) in [5.41, 5.74) is 0.208. The van der Waals surface area contributed by atoms with Crippen LogP contribution in [0.2, 0.25) is 0 Å². The van der Waals surface area contributed by atoms with E-state index in [4.69, 9.17) is 5.11 Å². The number of rotatable bonds is 4. The van der Waals surface area contributed by atoms with Crippen molar-refractivity contribution in [1.29, 1.82) is 0 Å². The van der Waals surface area contributed by atoms with Gasteiger partial charge in [-0.1, -0.05) is 12.1 Å². The third-order valence-electron chi connectivity index (χ3n) is 3.69. The van der Waals surface area contributed by atoms with E-state index in [1.807, 2.05) is 4.90 Å². The Morgan fingerprint density at radius 3 is 2.86 bits per heavy atom. The molecule has 116 valence electrons. The standard InChI is InChI=1S/C13H21N5O3/c1-3-10-7-16(2)5-4-6-18(10)13(21)11-8-17(15-14-11)9-12(19)20/h8,10H,3-7,9H2,1-2H3,(H,19,20). The van der Waals surface area contributed by atoms with E-state index in [1.165, 1.54) is 10.9 Å². The number of nitrogens with zero attached hydrogens (tertiary/aromatic N) is 5. The van der Waals surface area contributed by atoms with Gasteiger partial charge in [0.2, 0.25) is 0 Å². The lowest BCUT2D eigenvalue weighted by molar-refractivity contribution is -0.137. The molecule has 1 atom stereocenters. The van der Waals surface area contributed by atoms with Crippen molar-refractivity contribution in [2.24, 2.45) is 0 Å². The Morgan fingerprint density at radius 2 is 2.19 bits per heavy atom. The predicted molar refractivity (Wildman–Crippen MR) is 74.9 cm³/mol. The highest BCUT2D eigenvalue weighted by Gasteiger charge is 2.28. The zero-order valence-electron chi connectivity index (χ0n) is 12.4. The fourth-order valence-electron chi connectivity index (χ4n) is 2.62. The Balaban J connectivity index is 2.13. The molecule has 1 aromatic heterocycles. The minimum atomic E-state index is -1.01. The highest BCUT2D eigenvalue weighted by Crippen LogP contribution is 2.14. The molecule has 1 aliphatic rings. The van der Waals surface area contributed by atoms with Gasteiger partial charge in [-0.2, -0.15) is 0 Å². The number of carbonyl (C=O) groups is 2. The molecule has 8 nitrogen and oxygen atoms in total. The monoisotopic (exact) mass is 295 g/mol. The first-order valence-electron chi connectivity index (χ1n) is 7.12. The predicted octanol–water partition coefficient (Wildman–Crippen LogP) is -0.0810. The van der Waals surface area contributed by atoms with Crippen LogP contribution in [0.1, 0.15) is 30.3 Å². The lowest BCUT2D eigenvalue weighted by Gasteiger charge is -2.29. The summed E-state index contributed by atoms with van der Waals surface area (Å²) >= 11 is 0. The Kier molecular flexibility index (Phi) is 4.89. The van der Waals surface area contributed by atoms with Crippen LogP contribution in [-0.2, 0) is 11.3 Å². The average Bonchev–Trinajstić information content (AvgIpc) is 2.79. The summed E-state index contributed by atoms with van der Waals surface area (Å²) in [6, 6.07) is 0.148. The minimum absolute atomic E-state index is 0.148. The van der Waals surface area contributed by atoms with Gasteiger partial charge in [-0.3, -0.25) is 9.59 Å². The van der Waals surface area contributed by atoms with Crippen LogP contribution in [-0.4, -0.2) is 74.5 Å². The Hall–Kier alpha value is -1.96. The average molecular weight is 295 g/mol. The van der Waals surface area contributed by atoms with E-state index < -0.39 is 5.97 Å². The lowest BCUT2D eigenvalue weighted by atomic mass is 10.1. The van der Waals surface area contributed by atoms with Crippen molar-refractivity contribution < 1.29 is 14.7 Å². The second-order valence-electron chi connectivity index (χ2n) is 5.37. The number of carboxylic acids is 1. The molecule has 1 aromatic rings. The van der Waals surface area contributed by atoms with Gasteiger partial charge in [0.1, 0.15) is 6.54 Å². The molecule has 1 N–H and O–H groups in total. The molecule has 0 bridgehead atoms. The maximum absolute atomic E-state index is 12.6. The molecule has 1 unspecified atom stereocenters. The minimum Gasteiger partial charge on any atom is -0.480 e. The first-order valence-corrected chi connectivity index (χ1v) is 7.12. The van der Waals surface area contributed by atoms with E-state index in [0.29, 0.717) is 6.54 Å². The van der Waals surface area contributed by atoms with E-state index in [-0.39, 0.29) is 24.2 Å². The molecule has 1 amide bonds. The molecule has 0 radical (unpaired) electrons. The number of hydrogen-bond donors (Lipinski definition) is 1. The fraction of sp³-hybridized carbons (Fsp3) is 0.692. The van der Waals surface area contributed by atoms with Crippen LogP contribution >= 0.6 is 0 Å². The van der Waals surface area contributed by atoms with Crippen molar-refractivity contribution >= 4 is 11.9 Å². The molecular weight excluding hydrogens is 274 g/mol. The van der Waals surface area contributed by atoms with Gasteiger partial charge >= 0.3 is 5.97 Å². The summed E-state index contributed by atoms with van der Waals surface area (Å²) in [5, 5.41) is 16.2. The Bertz CT molecular complexity index is 516. The van der Waals surface area contributed by atoms with E-state index in [1.54, 1.807) is 0 Å². The summed E-state index contributed by atoms with van der Waals surface area (Å²) in [6.45, 7) is 4.26. The zero-order chi connectivity index (χ0) is 15.4. The van der Waals surface area contributed by atoms with Crippen molar-refractivity contribution in [3.05, 3.63) is 11.9 Å². The summed E-state index contributed by atoms with van der Waals surface area (Å²) in [7, 11) is 2.06. The highest BCUT2D eigenvalue weighted by molar-refractivity contribution is 5.92. The third-order valence-corrected chi connectivity index (χ3v) is 3.69. The van der Waals surface area contributed by atoms with Gasteiger partial charge < -0.3 is 14.9 Å². The lowest BCUT2D eigenvalue weighted by Crippen LogP contribution is -2.43. The largest absolute Gasteiger partial charge is 0.480 e. The SMILES string of the molecule is CCC1CN(C)CCCN1C(=O)c1cn(CC(=O)O)nn1. The molecule has 0 spiro atoms. The topological polar surface area (TPSA) is 91.6 Å². The second-order valence-corrected chi connectivity index (χ2v) is 5.37. The number of hydrogen-bond acceptors (Lipinski definition) is 5. The van der Waals surface area contributed by atoms with Crippen LogP contribution in [0.15, 0.2) is 6.20 Å². The molecule has 0 saturated carbocycles. The fourth-order valence-corrected chi connectivity index (χ4v) is 2.62. The zero-order valence-corrected chi connectivity index (χ0v) is 12.4. The van der Waals surface area contributed by atoms with Crippen molar-refractivity contribution in [1.82, 2.24) is 24.8 Å². The van der Waals surface area contributed by atoms with Gasteiger partial charge in [-0.15, -0.1) is 5.10 Å². The maximum atomic E-state index is 12.6. The molecule has 2 rings (SSSR count). The number of amides is 1. The van der Waals surface area contributed by atoms with Crippen molar-refractivity contribution in [2.45, 2.75) is 32.4 Å². The molecule has 21 heavy (non-hydrogen) atoms. The van der Waals surface area contributed by atoms with Gasteiger partial charge in [0.05, 0.1) is 6.20 Å². The molecule has 1 fully saturated rings. The van der Waals surface area contributed by atoms with Gasteiger partial charge in [-0.25, -0.2) is 4.68 Å². The third kappa shape index (κ3) is 3.78. The molecular formula is C13H21N5O3. The highest BCUT2D eigenvalue weighted by atomic mass is 16.4. The smallest absolute Gasteiger partial charge is 0.325 e. The van der Waals surface area contributed by atoms with Crippen LogP contribution in [0.25, 0.3) is 0 Å². The van der Waals surface area contributed by atoms with Crippen LogP contribution in [0.5, 0.6) is 0 Å². The molecule has 1 aliphatic heterocycles. The summed E-state index contributed by atoms with van der Waals surface area (Å²) in [6.07, 6.45) is 3.19. The molecule has 0 aliphatic carbocycles. The molecule has 0 aromatic carbocycles. The van der Waals surface area contributed by atoms with Crippen LogP contribution in [0.3, 0.4) is 0 Å². The number of aliphatic carboxylic acids is 1. The van der Waals surface area contributed by atoms with Crippen LogP contribution in [0.4, 0.5) is 0 Å². The van der Waals surface area contributed by atoms with Gasteiger partial charge in [0.15, 0.2) is 5.69 Å². The molecule has 8 heteroatoms. The van der Waals surface area contributed by atoms with Crippen molar-refractivity contribution in [2.75, 3.05) is 26.7 Å². The van der Waals surface area contributed by atoms with Crippen LogP contribution in [0, 0.1) is 0 Å². The van der Waals surface area contributed by atoms with E-state index in [9.17, 15) is 9.59 Å². The number of carbonyl (C=O) groups excluding carboxylic acids is 1. The number of aromatic nitrogens is 3. The number of carboxylic acid groups (broad SMARTS) is 1. The van der Waals surface area contributed by atoms with E-state index >= 15 is 0 Å². The quantitative estimate of drug-likeness (QED) is 0.835. The van der Waals surface area contributed by atoms with Gasteiger partial charge in [0.25, 0.3) is 5.91 Å². The normalized spacial score (nSPS) is 20.3. The number of likely N-dealkylation sites (N-methyl/N-ethyl adjacent to an activating group) is 1. The van der Waals surface area contributed by atoms with Gasteiger partial charge in [0, 0.05) is 19.1 Å². The van der Waals surface area contributed by atoms with E-state index in [2.05, 4.69) is 29.2 Å². The van der Waals surface area contributed by atoms with Gasteiger partial charge in [-0.05, 0) is 26.4 Å². The van der Waals surface area contributed by atoms with Crippen molar-refractivity contribution in [3.63, 3.8) is 0 Å². The maximum Gasteiger partial charge on any atom is 0.325 e. The Labute approximate surface area is 123 Å². The van der Waals surface area contributed by atoms with Crippen LogP contribution < -0.4 is 0 Å². The second kappa shape index (κ2) is 6.66. The first-order chi connectivity index (χ1) is 10.0. The molecule has 2 heterocycles. The summed E-state index contributed by atoms with van der Waals surface area (Å²) < 4.78 is 1.17. The summed E-state index contributed by atoms with van der Waals surface area (Å²) in [5.74, 6) is -1.18. The Morgan fingerprint density at radius 1 is 1.43 bits per heavy atom.